The van der Waals surface area contributed by atoms with Crippen molar-refractivity contribution in [1.82, 2.24) is 10.6 Å². The third-order valence-corrected chi connectivity index (χ3v) is 2.94. The summed E-state index contributed by atoms with van der Waals surface area (Å²) in [5, 5.41) is 14.8. The summed E-state index contributed by atoms with van der Waals surface area (Å²) < 4.78 is 10.8. The van der Waals surface area contributed by atoms with Crippen LogP contribution in [0.5, 0.6) is 0 Å². The quantitative estimate of drug-likeness (QED) is 0.706. The monoisotopic (exact) mass is 288 g/mol. The van der Waals surface area contributed by atoms with E-state index in [2.05, 4.69) is 10.6 Å². The van der Waals surface area contributed by atoms with E-state index in [1.165, 1.54) is 0 Å². The van der Waals surface area contributed by atoms with Crippen LogP contribution in [0.2, 0.25) is 0 Å². The van der Waals surface area contributed by atoms with Crippen LogP contribution in [0.4, 0.5) is 4.79 Å². The zero-order valence-corrected chi connectivity index (χ0v) is 12.5. The minimum Gasteiger partial charge on any atom is -0.481 e. The molecule has 0 spiro atoms. The molecule has 1 aliphatic rings. The van der Waals surface area contributed by atoms with Gasteiger partial charge in [-0.25, -0.2) is 4.79 Å². The van der Waals surface area contributed by atoms with Crippen molar-refractivity contribution in [3.05, 3.63) is 0 Å². The maximum absolute atomic E-state index is 11.9. The third kappa shape index (κ3) is 5.34. The molecule has 2 unspecified atom stereocenters. The SMILES string of the molecule is CC(C)(C)OC(=O)NC(C)(CC(=O)O)C1CNCCO1. The van der Waals surface area contributed by atoms with E-state index in [1.807, 2.05) is 0 Å². The van der Waals surface area contributed by atoms with Crippen LogP contribution in [0.3, 0.4) is 0 Å². The van der Waals surface area contributed by atoms with Crippen LogP contribution < -0.4 is 10.6 Å². The highest BCUT2D eigenvalue weighted by molar-refractivity contribution is 5.73. The molecule has 7 heteroatoms. The van der Waals surface area contributed by atoms with E-state index < -0.39 is 29.3 Å². The Morgan fingerprint density at radius 1 is 1.40 bits per heavy atom. The third-order valence-electron chi connectivity index (χ3n) is 2.94. The van der Waals surface area contributed by atoms with Gasteiger partial charge in [-0.3, -0.25) is 4.79 Å². The van der Waals surface area contributed by atoms with Crippen LogP contribution in [0, 0.1) is 0 Å². The van der Waals surface area contributed by atoms with Gasteiger partial charge in [0.2, 0.25) is 0 Å². The highest BCUT2D eigenvalue weighted by atomic mass is 16.6. The van der Waals surface area contributed by atoms with Crippen LogP contribution in [0.25, 0.3) is 0 Å². The van der Waals surface area contributed by atoms with Gasteiger partial charge in [-0.2, -0.15) is 0 Å². The molecule has 1 aliphatic heterocycles. The minimum atomic E-state index is -1.03. The summed E-state index contributed by atoms with van der Waals surface area (Å²) in [6.45, 7) is 8.59. The van der Waals surface area contributed by atoms with E-state index in [-0.39, 0.29) is 6.42 Å². The molecule has 2 atom stereocenters. The van der Waals surface area contributed by atoms with Gasteiger partial charge in [0.25, 0.3) is 0 Å². The van der Waals surface area contributed by atoms with Crippen molar-refractivity contribution in [2.45, 2.75) is 51.4 Å². The second kappa shape index (κ2) is 6.41. The van der Waals surface area contributed by atoms with Crippen molar-refractivity contribution in [2.24, 2.45) is 0 Å². The highest BCUT2D eigenvalue weighted by Crippen LogP contribution is 2.21. The average molecular weight is 288 g/mol. The maximum atomic E-state index is 11.9. The van der Waals surface area contributed by atoms with Gasteiger partial charge in [0.1, 0.15) is 5.60 Å². The van der Waals surface area contributed by atoms with Gasteiger partial charge in [-0.1, -0.05) is 0 Å². The molecule has 1 fully saturated rings. The van der Waals surface area contributed by atoms with Crippen LogP contribution in [0.1, 0.15) is 34.1 Å². The number of rotatable bonds is 4. The number of ether oxygens (including phenoxy) is 2. The van der Waals surface area contributed by atoms with E-state index in [4.69, 9.17) is 14.6 Å². The van der Waals surface area contributed by atoms with Gasteiger partial charge in [0, 0.05) is 13.1 Å². The molecule has 0 bridgehead atoms. The molecule has 0 aromatic rings. The summed E-state index contributed by atoms with van der Waals surface area (Å²) in [5.74, 6) is -1.00. The predicted octanol–water partition coefficient (Wildman–Crippen LogP) is 0.733. The number of hydrogen-bond acceptors (Lipinski definition) is 5. The molecule has 0 aliphatic carbocycles. The first-order valence-corrected chi connectivity index (χ1v) is 6.68. The molecule has 1 saturated heterocycles. The van der Waals surface area contributed by atoms with E-state index in [0.29, 0.717) is 19.7 Å². The van der Waals surface area contributed by atoms with E-state index in [9.17, 15) is 9.59 Å². The second-order valence-corrected chi connectivity index (χ2v) is 6.18. The number of nitrogens with one attached hydrogen (secondary N) is 2. The average Bonchev–Trinajstić information content (AvgIpc) is 2.26. The van der Waals surface area contributed by atoms with E-state index in [1.54, 1.807) is 27.7 Å². The number of aliphatic carboxylic acids is 1. The van der Waals surface area contributed by atoms with Gasteiger partial charge in [-0.15, -0.1) is 0 Å². The molecule has 3 N–H and O–H groups in total. The van der Waals surface area contributed by atoms with E-state index >= 15 is 0 Å². The Labute approximate surface area is 119 Å². The maximum Gasteiger partial charge on any atom is 0.408 e. The highest BCUT2D eigenvalue weighted by Gasteiger charge is 2.40. The molecule has 7 nitrogen and oxygen atoms in total. The number of hydrogen-bond donors (Lipinski definition) is 3. The number of morpholine rings is 1. The standard InChI is InChI=1S/C13H24N2O5/c1-12(2,3)20-11(18)15-13(4,7-10(16)17)9-8-14-5-6-19-9/h9,14H,5-8H2,1-4H3,(H,15,18)(H,16,17). The van der Waals surface area contributed by atoms with E-state index in [0.717, 1.165) is 0 Å². The lowest BCUT2D eigenvalue weighted by Crippen LogP contribution is -2.61. The number of carbonyl (C=O) groups excluding carboxylic acids is 1. The van der Waals surface area contributed by atoms with Crippen molar-refractivity contribution in [1.29, 1.82) is 0 Å². The fraction of sp³-hybridized carbons (Fsp3) is 0.846. The first-order valence-electron chi connectivity index (χ1n) is 6.68. The number of amides is 1. The van der Waals surface area contributed by atoms with Crippen LogP contribution in [0.15, 0.2) is 0 Å². The first kappa shape index (κ1) is 16.7. The smallest absolute Gasteiger partial charge is 0.408 e. The normalized spacial score (nSPS) is 22.7. The molecule has 0 aromatic heterocycles. The number of carboxylic acids is 1. The molecule has 0 saturated carbocycles. The lowest BCUT2D eigenvalue weighted by atomic mass is 9.90. The Morgan fingerprint density at radius 3 is 2.50 bits per heavy atom. The molecular formula is C13H24N2O5. The number of alkyl carbamates (subject to hydrolysis) is 1. The molecular weight excluding hydrogens is 264 g/mol. The van der Waals surface area contributed by atoms with Crippen molar-refractivity contribution >= 4 is 12.1 Å². The van der Waals surface area contributed by atoms with Crippen LogP contribution in [-0.2, 0) is 14.3 Å². The fourth-order valence-electron chi connectivity index (χ4n) is 2.06. The van der Waals surface area contributed by atoms with Crippen molar-refractivity contribution < 1.29 is 24.2 Å². The Hall–Kier alpha value is -1.34. The van der Waals surface area contributed by atoms with Gasteiger partial charge in [0.05, 0.1) is 24.7 Å². The Morgan fingerprint density at radius 2 is 2.05 bits per heavy atom. The van der Waals surface area contributed by atoms with Gasteiger partial charge >= 0.3 is 12.1 Å². The molecule has 0 aromatic carbocycles. The summed E-state index contributed by atoms with van der Waals surface area (Å²) in [6, 6.07) is 0. The van der Waals surface area contributed by atoms with Crippen molar-refractivity contribution in [3.8, 4) is 0 Å². The fourth-order valence-corrected chi connectivity index (χ4v) is 2.06. The largest absolute Gasteiger partial charge is 0.481 e. The summed E-state index contributed by atoms with van der Waals surface area (Å²) >= 11 is 0. The van der Waals surface area contributed by atoms with Crippen molar-refractivity contribution in [3.63, 3.8) is 0 Å². The molecule has 116 valence electrons. The Bertz CT molecular complexity index is 360. The lowest BCUT2D eigenvalue weighted by molar-refractivity contribution is -0.141. The van der Waals surface area contributed by atoms with Crippen LogP contribution >= 0.6 is 0 Å². The topological polar surface area (TPSA) is 96.9 Å². The first-order chi connectivity index (χ1) is 9.12. The molecule has 0 radical (unpaired) electrons. The van der Waals surface area contributed by atoms with Gasteiger partial charge in [0.15, 0.2) is 0 Å². The summed E-state index contributed by atoms with van der Waals surface area (Å²) in [4.78, 5) is 23.0. The van der Waals surface area contributed by atoms with Crippen LogP contribution in [-0.4, -0.2) is 54.1 Å². The molecule has 20 heavy (non-hydrogen) atoms. The Kier molecular flexibility index (Phi) is 5.35. The number of carbonyl (C=O) groups is 2. The summed E-state index contributed by atoms with van der Waals surface area (Å²) in [5.41, 5.74) is -1.67. The summed E-state index contributed by atoms with van der Waals surface area (Å²) in [6.07, 6.45) is -1.30. The zero-order chi connectivity index (χ0) is 15.4. The number of carboxylic acid groups (broad SMARTS) is 1. The molecule has 1 heterocycles. The zero-order valence-electron chi connectivity index (χ0n) is 12.5. The molecule has 1 amide bonds. The minimum absolute atomic E-state index is 0.238. The van der Waals surface area contributed by atoms with Gasteiger partial charge < -0.3 is 25.2 Å². The summed E-state index contributed by atoms with van der Waals surface area (Å²) in [7, 11) is 0. The molecule has 1 rings (SSSR count). The predicted molar refractivity (Wildman–Crippen MR) is 72.6 cm³/mol. The van der Waals surface area contributed by atoms with Gasteiger partial charge in [-0.05, 0) is 27.7 Å². The Balaban J connectivity index is 2.76. The second-order valence-electron chi connectivity index (χ2n) is 6.18. The lowest BCUT2D eigenvalue weighted by Gasteiger charge is -2.39. The van der Waals surface area contributed by atoms with Crippen molar-refractivity contribution in [2.75, 3.05) is 19.7 Å².